The number of ether oxygens (including phenoxy) is 1. The van der Waals surface area contributed by atoms with Gasteiger partial charge in [0.2, 0.25) is 0 Å². The molecule has 19 heavy (non-hydrogen) atoms. The van der Waals surface area contributed by atoms with Crippen LogP contribution in [0.2, 0.25) is 0 Å². The second-order valence-electron chi connectivity index (χ2n) is 5.21. The summed E-state index contributed by atoms with van der Waals surface area (Å²) in [6, 6.07) is 9.79. The van der Waals surface area contributed by atoms with Gasteiger partial charge in [0.1, 0.15) is 0 Å². The highest BCUT2D eigenvalue weighted by Crippen LogP contribution is 2.10. The Kier molecular flexibility index (Phi) is 5.79. The number of aliphatic hydroxyl groups is 1. The van der Waals surface area contributed by atoms with Crippen LogP contribution in [0.15, 0.2) is 30.3 Å². The zero-order valence-electron chi connectivity index (χ0n) is 11.3. The van der Waals surface area contributed by atoms with Gasteiger partial charge in [-0.1, -0.05) is 30.3 Å². The summed E-state index contributed by atoms with van der Waals surface area (Å²) < 4.78 is 5.52. The quantitative estimate of drug-likeness (QED) is 0.678. The van der Waals surface area contributed by atoms with Crippen molar-refractivity contribution in [3.63, 3.8) is 0 Å². The first-order chi connectivity index (χ1) is 9.25. The average Bonchev–Trinajstić information content (AvgIpc) is 2.93. The Morgan fingerprint density at radius 2 is 2.16 bits per heavy atom. The molecule has 4 N–H and O–H groups in total. The molecule has 0 radical (unpaired) electrons. The van der Waals surface area contributed by atoms with Crippen molar-refractivity contribution < 1.29 is 9.84 Å². The first kappa shape index (κ1) is 14.5. The summed E-state index contributed by atoms with van der Waals surface area (Å²) >= 11 is 0. The van der Waals surface area contributed by atoms with Gasteiger partial charge in [-0.05, 0) is 24.8 Å². The van der Waals surface area contributed by atoms with E-state index in [2.05, 4.69) is 5.32 Å². The summed E-state index contributed by atoms with van der Waals surface area (Å²) in [6.45, 7) is 2.19. The van der Waals surface area contributed by atoms with Gasteiger partial charge in [0.15, 0.2) is 0 Å². The van der Waals surface area contributed by atoms with Crippen molar-refractivity contribution in [2.45, 2.75) is 37.5 Å². The van der Waals surface area contributed by atoms with E-state index in [-0.39, 0.29) is 6.04 Å². The number of nitrogens with one attached hydrogen (secondary N) is 1. The molecule has 1 aliphatic heterocycles. The first-order valence-electron chi connectivity index (χ1n) is 7.05. The van der Waals surface area contributed by atoms with E-state index in [1.54, 1.807) is 0 Å². The standard InChI is InChI=1S/C15H24N2O2/c16-14(9-12-5-2-1-3-6-12)15(18)11-17-10-13-7-4-8-19-13/h1-3,5-6,13-15,17-18H,4,7-11,16H2. The van der Waals surface area contributed by atoms with Crippen LogP contribution in [0.4, 0.5) is 0 Å². The predicted octanol–water partition coefficient (Wildman–Crippen LogP) is 0.686. The van der Waals surface area contributed by atoms with Crippen LogP contribution >= 0.6 is 0 Å². The van der Waals surface area contributed by atoms with Crippen molar-refractivity contribution in [2.24, 2.45) is 5.73 Å². The van der Waals surface area contributed by atoms with Gasteiger partial charge in [0.25, 0.3) is 0 Å². The highest BCUT2D eigenvalue weighted by Gasteiger charge is 2.18. The number of benzene rings is 1. The number of hydrogen-bond acceptors (Lipinski definition) is 4. The molecule has 106 valence electrons. The maximum atomic E-state index is 10.0. The Balaban J connectivity index is 1.65. The lowest BCUT2D eigenvalue weighted by molar-refractivity contribution is 0.0990. The van der Waals surface area contributed by atoms with Crippen LogP contribution in [-0.2, 0) is 11.2 Å². The zero-order valence-corrected chi connectivity index (χ0v) is 11.3. The maximum Gasteiger partial charge on any atom is 0.0818 e. The highest BCUT2D eigenvalue weighted by atomic mass is 16.5. The molecule has 2 rings (SSSR count). The minimum absolute atomic E-state index is 0.237. The molecule has 0 amide bonds. The second kappa shape index (κ2) is 7.60. The first-order valence-corrected chi connectivity index (χ1v) is 7.05. The molecule has 4 heteroatoms. The molecule has 0 aromatic heterocycles. The normalized spacial score (nSPS) is 22.3. The number of rotatable bonds is 7. The van der Waals surface area contributed by atoms with E-state index in [4.69, 9.17) is 10.5 Å². The SMILES string of the molecule is NC(Cc1ccccc1)C(O)CNCC1CCCO1. The third-order valence-electron chi connectivity index (χ3n) is 3.56. The minimum Gasteiger partial charge on any atom is -0.390 e. The molecule has 1 aromatic rings. The molecule has 0 saturated carbocycles. The maximum absolute atomic E-state index is 10.0. The van der Waals surface area contributed by atoms with E-state index >= 15 is 0 Å². The average molecular weight is 264 g/mol. The molecular weight excluding hydrogens is 240 g/mol. The monoisotopic (exact) mass is 264 g/mol. The Labute approximate surface area is 115 Å². The lowest BCUT2D eigenvalue weighted by Crippen LogP contribution is -2.44. The fraction of sp³-hybridized carbons (Fsp3) is 0.600. The van der Waals surface area contributed by atoms with Crippen LogP contribution in [-0.4, -0.2) is 43.1 Å². The van der Waals surface area contributed by atoms with Gasteiger partial charge in [0.05, 0.1) is 12.2 Å². The van der Waals surface area contributed by atoms with Gasteiger partial charge in [-0.15, -0.1) is 0 Å². The van der Waals surface area contributed by atoms with E-state index in [0.717, 1.165) is 31.6 Å². The number of aliphatic hydroxyl groups excluding tert-OH is 1. The summed E-state index contributed by atoms with van der Waals surface area (Å²) in [7, 11) is 0. The van der Waals surface area contributed by atoms with Crippen molar-refractivity contribution in [1.82, 2.24) is 5.32 Å². The molecule has 1 heterocycles. The summed E-state index contributed by atoms with van der Waals surface area (Å²) in [5.74, 6) is 0. The Hall–Kier alpha value is -0.940. The molecule has 0 aliphatic carbocycles. The molecule has 1 aromatic carbocycles. The van der Waals surface area contributed by atoms with Crippen molar-refractivity contribution in [1.29, 1.82) is 0 Å². The Morgan fingerprint density at radius 3 is 2.84 bits per heavy atom. The van der Waals surface area contributed by atoms with Crippen molar-refractivity contribution in [2.75, 3.05) is 19.7 Å². The summed E-state index contributed by atoms with van der Waals surface area (Å²) in [5, 5.41) is 13.3. The van der Waals surface area contributed by atoms with Crippen LogP contribution in [0, 0.1) is 0 Å². The highest BCUT2D eigenvalue weighted by molar-refractivity contribution is 5.16. The molecule has 3 unspecified atom stereocenters. The third-order valence-corrected chi connectivity index (χ3v) is 3.56. The third kappa shape index (κ3) is 4.91. The van der Waals surface area contributed by atoms with Crippen LogP contribution in [0.1, 0.15) is 18.4 Å². The van der Waals surface area contributed by atoms with Crippen LogP contribution < -0.4 is 11.1 Å². The van der Waals surface area contributed by atoms with Crippen molar-refractivity contribution >= 4 is 0 Å². The molecule has 0 spiro atoms. The second-order valence-corrected chi connectivity index (χ2v) is 5.21. The smallest absolute Gasteiger partial charge is 0.0818 e. The van der Waals surface area contributed by atoms with Gasteiger partial charge in [-0.2, -0.15) is 0 Å². The van der Waals surface area contributed by atoms with E-state index in [1.807, 2.05) is 30.3 Å². The fourth-order valence-electron chi connectivity index (χ4n) is 2.37. The minimum atomic E-state index is -0.526. The van der Waals surface area contributed by atoms with Crippen LogP contribution in [0.5, 0.6) is 0 Å². The zero-order chi connectivity index (χ0) is 13.5. The van der Waals surface area contributed by atoms with Gasteiger partial charge in [-0.3, -0.25) is 0 Å². The summed E-state index contributed by atoms with van der Waals surface area (Å²) in [6.07, 6.45) is 2.73. The van der Waals surface area contributed by atoms with Gasteiger partial charge < -0.3 is 20.9 Å². The van der Waals surface area contributed by atoms with Crippen molar-refractivity contribution in [3.05, 3.63) is 35.9 Å². The van der Waals surface area contributed by atoms with E-state index in [0.29, 0.717) is 19.1 Å². The van der Waals surface area contributed by atoms with E-state index < -0.39 is 6.10 Å². The number of nitrogens with two attached hydrogens (primary N) is 1. The summed E-state index contributed by atoms with van der Waals surface area (Å²) in [5.41, 5.74) is 7.18. The van der Waals surface area contributed by atoms with Gasteiger partial charge in [0, 0.05) is 25.7 Å². The van der Waals surface area contributed by atoms with Gasteiger partial charge in [-0.25, -0.2) is 0 Å². The Morgan fingerprint density at radius 1 is 1.37 bits per heavy atom. The topological polar surface area (TPSA) is 67.5 Å². The van der Waals surface area contributed by atoms with Crippen molar-refractivity contribution in [3.8, 4) is 0 Å². The van der Waals surface area contributed by atoms with Crippen LogP contribution in [0.3, 0.4) is 0 Å². The lowest BCUT2D eigenvalue weighted by Gasteiger charge is -2.20. The van der Waals surface area contributed by atoms with E-state index in [9.17, 15) is 5.11 Å². The predicted molar refractivity (Wildman–Crippen MR) is 76.0 cm³/mol. The lowest BCUT2D eigenvalue weighted by atomic mass is 10.0. The molecule has 3 atom stereocenters. The summed E-state index contributed by atoms with van der Waals surface area (Å²) in [4.78, 5) is 0. The largest absolute Gasteiger partial charge is 0.390 e. The fourth-order valence-corrected chi connectivity index (χ4v) is 2.37. The van der Waals surface area contributed by atoms with Crippen LogP contribution in [0.25, 0.3) is 0 Å². The molecule has 4 nitrogen and oxygen atoms in total. The molecule has 0 bridgehead atoms. The molecule has 1 aliphatic rings. The molecule has 1 saturated heterocycles. The Bertz CT molecular complexity index is 352. The van der Waals surface area contributed by atoms with E-state index in [1.165, 1.54) is 0 Å². The molecule has 1 fully saturated rings. The molecular formula is C15H24N2O2. The number of hydrogen-bond donors (Lipinski definition) is 3. The van der Waals surface area contributed by atoms with Gasteiger partial charge >= 0.3 is 0 Å².